The van der Waals surface area contributed by atoms with Gasteiger partial charge in [-0.3, -0.25) is 4.79 Å². The lowest BCUT2D eigenvalue weighted by Gasteiger charge is -2.30. The van der Waals surface area contributed by atoms with Crippen LogP contribution in [0.2, 0.25) is 0 Å². The van der Waals surface area contributed by atoms with Crippen molar-refractivity contribution in [2.45, 2.75) is 71.0 Å². The third kappa shape index (κ3) is 5.11. The number of carbonyl (C=O) groups is 1. The molecule has 1 aliphatic rings. The smallest absolute Gasteiger partial charge is 0.223 e. The zero-order chi connectivity index (χ0) is 14.3. The van der Waals surface area contributed by atoms with Gasteiger partial charge in [0.25, 0.3) is 0 Å². The Bertz CT molecular complexity index is 275. The molecule has 2 N–H and O–H groups in total. The van der Waals surface area contributed by atoms with E-state index in [1.165, 1.54) is 0 Å². The van der Waals surface area contributed by atoms with Gasteiger partial charge in [0, 0.05) is 19.1 Å². The van der Waals surface area contributed by atoms with Crippen LogP contribution < -0.4 is 5.32 Å². The number of carbonyl (C=O) groups excluding carboxylic acids is 1. The van der Waals surface area contributed by atoms with E-state index in [0.29, 0.717) is 26.0 Å². The zero-order valence-electron chi connectivity index (χ0n) is 12.6. The average molecular weight is 271 g/mol. The number of hydrogen-bond donors (Lipinski definition) is 2. The molecule has 0 aromatic heterocycles. The standard InChI is InChI=1S/C15H29NO3/c1-4-7-13-10-12(8-9-19-13)14(17)16-11-15(18,5-2)6-3/h12-13,18H,4-11H2,1-3H3,(H,16,17). The van der Waals surface area contributed by atoms with E-state index >= 15 is 0 Å². The van der Waals surface area contributed by atoms with Gasteiger partial charge in [0.2, 0.25) is 5.91 Å². The molecule has 0 aromatic carbocycles. The van der Waals surface area contributed by atoms with E-state index in [4.69, 9.17) is 4.74 Å². The van der Waals surface area contributed by atoms with E-state index in [0.717, 1.165) is 25.7 Å². The van der Waals surface area contributed by atoms with Crippen LogP contribution in [0, 0.1) is 5.92 Å². The molecular formula is C15H29NO3. The molecule has 1 saturated heterocycles. The van der Waals surface area contributed by atoms with Crippen LogP contribution >= 0.6 is 0 Å². The molecule has 0 aliphatic carbocycles. The highest BCUT2D eigenvalue weighted by Gasteiger charge is 2.29. The van der Waals surface area contributed by atoms with Crippen LogP contribution in [0.3, 0.4) is 0 Å². The first kappa shape index (κ1) is 16.4. The van der Waals surface area contributed by atoms with E-state index in [9.17, 15) is 9.90 Å². The predicted molar refractivity (Wildman–Crippen MR) is 75.9 cm³/mol. The highest BCUT2D eigenvalue weighted by molar-refractivity contribution is 5.78. The number of rotatable bonds is 7. The summed E-state index contributed by atoms with van der Waals surface area (Å²) in [5.74, 6) is 0.119. The summed E-state index contributed by atoms with van der Waals surface area (Å²) < 4.78 is 5.66. The van der Waals surface area contributed by atoms with Gasteiger partial charge in [-0.2, -0.15) is 0 Å². The summed E-state index contributed by atoms with van der Waals surface area (Å²) in [7, 11) is 0. The van der Waals surface area contributed by atoms with Crippen molar-refractivity contribution >= 4 is 5.91 Å². The fraction of sp³-hybridized carbons (Fsp3) is 0.933. The molecule has 1 amide bonds. The number of ether oxygens (including phenoxy) is 1. The van der Waals surface area contributed by atoms with E-state index in [1.54, 1.807) is 0 Å². The maximum absolute atomic E-state index is 12.1. The van der Waals surface area contributed by atoms with Crippen molar-refractivity contribution in [3.05, 3.63) is 0 Å². The Hall–Kier alpha value is -0.610. The Morgan fingerprint density at radius 3 is 2.63 bits per heavy atom. The molecule has 1 heterocycles. The highest BCUT2D eigenvalue weighted by Crippen LogP contribution is 2.23. The van der Waals surface area contributed by atoms with Crippen molar-refractivity contribution < 1.29 is 14.6 Å². The minimum atomic E-state index is -0.760. The summed E-state index contributed by atoms with van der Waals surface area (Å²) >= 11 is 0. The van der Waals surface area contributed by atoms with E-state index in [1.807, 2.05) is 13.8 Å². The molecule has 0 spiro atoms. The highest BCUT2D eigenvalue weighted by atomic mass is 16.5. The second-order valence-electron chi connectivity index (χ2n) is 5.65. The average Bonchev–Trinajstić information content (AvgIpc) is 2.45. The van der Waals surface area contributed by atoms with Gasteiger partial charge in [-0.15, -0.1) is 0 Å². The van der Waals surface area contributed by atoms with Crippen LogP contribution in [0.5, 0.6) is 0 Å². The van der Waals surface area contributed by atoms with Crippen LogP contribution in [0.1, 0.15) is 59.3 Å². The van der Waals surface area contributed by atoms with Crippen LogP contribution in [0.25, 0.3) is 0 Å². The molecule has 1 rings (SSSR count). The fourth-order valence-corrected chi connectivity index (χ4v) is 2.54. The Labute approximate surface area is 116 Å². The molecule has 0 radical (unpaired) electrons. The summed E-state index contributed by atoms with van der Waals surface area (Å²) in [5, 5.41) is 13.1. The Morgan fingerprint density at radius 1 is 1.37 bits per heavy atom. The minimum absolute atomic E-state index is 0.0447. The molecule has 2 atom stereocenters. The molecule has 1 aliphatic heterocycles. The molecule has 4 nitrogen and oxygen atoms in total. The van der Waals surface area contributed by atoms with Gasteiger partial charge in [-0.25, -0.2) is 0 Å². The lowest BCUT2D eigenvalue weighted by atomic mass is 9.92. The normalized spacial score (nSPS) is 24.2. The third-order valence-electron chi connectivity index (χ3n) is 4.26. The van der Waals surface area contributed by atoms with Gasteiger partial charge in [0.15, 0.2) is 0 Å². The van der Waals surface area contributed by atoms with Gasteiger partial charge < -0.3 is 15.2 Å². The SMILES string of the molecule is CCCC1CC(C(=O)NCC(O)(CC)CC)CCO1. The molecule has 2 unspecified atom stereocenters. The molecular weight excluding hydrogens is 242 g/mol. The number of hydrogen-bond acceptors (Lipinski definition) is 3. The fourth-order valence-electron chi connectivity index (χ4n) is 2.54. The second kappa shape index (κ2) is 7.85. The topological polar surface area (TPSA) is 58.6 Å². The third-order valence-corrected chi connectivity index (χ3v) is 4.26. The molecule has 1 fully saturated rings. The van der Waals surface area contributed by atoms with Gasteiger partial charge in [-0.1, -0.05) is 27.2 Å². The van der Waals surface area contributed by atoms with E-state index < -0.39 is 5.60 Å². The summed E-state index contributed by atoms with van der Waals surface area (Å²) in [5.41, 5.74) is -0.760. The zero-order valence-corrected chi connectivity index (χ0v) is 12.6. The number of amides is 1. The first-order valence-electron chi connectivity index (χ1n) is 7.66. The molecule has 112 valence electrons. The summed E-state index contributed by atoms with van der Waals surface area (Å²) in [4.78, 5) is 12.1. The quantitative estimate of drug-likeness (QED) is 0.746. The van der Waals surface area contributed by atoms with Gasteiger partial charge in [0.05, 0.1) is 11.7 Å². The van der Waals surface area contributed by atoms with Crippen LogP contribution in [0.4, 0.5) is 0 Å². The first-order valence-corrected chi connectivity index (χ1v) is 7.66. The van der Waals surface area contributed by atoms with Crippen LogP contribution in [-0.4, -0.2) is 35.9 Å². The van der Waals surface area contributed by atoms with E-state index in [2.05, 4.69) is 12.2 Å². The minimum Gasteiger partial charge on any atom is -0.388 e. The van der Waals surface area contributed by atoms with Crippen molar-refractivity contribution in [3.63, 3.8) is 0 Å². The maximum Gasteiger partial charge on any atom is 0.223 e. The van der Waals surface area contributed by atoms with Gasteiger partial charge in [-0.05, 0) is 32.1 Å². The van der Waals surface area contributed by atoms with Crippen LogP contribution in [-0.2, 0) is 9.53 Å². The van der Waals surface area contributed by atoms with E-state index in [-0.39, 0.29) is 17.9 Å². The summed E-state index contributed by atoms with van der Waals surface area (Å²) in [6.45, 7) is 7.06. The lowest BCUT2D eigenvalue weighted by Crippen LogP contribution is -2.45. The summed E-state index contributed by atoms with van der Waals surface area (Å²) in [6.07, 6.45) is 5.28. The molecule has 19 heavy (non-hydrogen) atoms. The second-order valence-corrected chi connectivity index (χ2v) is 5.65. The maximum atomic E-state index is 12.1. The van der Waals surface area contributed by atoms with Crippen molar-refractivity contribution in [1.82, 2.24) is 5.32 Å². The predicted octanol–water partition coefficient (Wildman–Crippen LogP) is 2.25. The number of aliphatic hydroxyl groups is 1. The van der Waals surface area contributed by atoms with Crippen LogP contribution in [0.15, 0.2) is 0 Å². The molecule has 0 aromatic rings. The first-order chi connectivity index (χ1) is 9.04. The molecule has 4 heteroatoms. The van der Waals surface area contributed by atoms with Gasteiger partial charge >= 0.3 is 0 Å². The Morgan fingerprint density at radius 2 is 2.05 bits per heavy atom. The summed E-state index contributed by atoms with van der Waals surface area (Å²) in [6, 6.07) is 0. The van der Waals surface area contributed by atoms with Crippen molar-refractivity contribution in [1.29, 1.82) is 0 Å². The van der Waals surface area contributed by atoms with Gasteiger partial charge in [0.1, 0.15) is 0 Å². The van der Waals surface area contributed by atoms with Crippen molar-refractivity contribution in [2.75, 3.05) is 13.2 Å². The Kier molecular flexibility index (Phi) is 6.80. The van der Waals surface area contributed by atoms with Crippen molar-refractivity contribution in [2.24, 2.45) is 5.92 Å². The Balaban J connectivity index is 2.40. The van der Waals surface area contributed by atoms with Crippen molar-refractivity contribution in [3.8, 4) is 0 Å². The lowest BCUT2D eigenvalue weighted by molar-refractivity contribution is -0.131. The monoisotopic (exact) mass is 271 g/mol. The number of nitrogens with one attached hydrogen (secondary N) is 1. The molecule has 0 saturated carbocycles. The molecule has 0 bridgehead atoms. The largest absolute Gasteiger partial charge is 0.388 e.